The van der Waals surface area contributed by atoms with E-state index < -0.39 is 18.3 Å². The highest BCUT2D eigenvalue weighted by atomic mass is 79.9. The predicted octanol–water partition coefficient (Wildman–Crippen LogP) is 8.68. The Morgan fingerprint density at radius 1 is 0.585 bits per heavy atom. The van der Waals surface area contributed by atoms with Gasteiger partial charge in [-0.05, 0) is 166 Å². The third kappa shape index (κ3) is 13.6. The average Bonchev–Trinajstić information content (AvgIpc) is 3.94. The Kier molecular flexibility index (Phi) is 15.9. The van der Waals surface area contributed by atoms with E-state index in [0.29, 0.717) is 25.4 Å². The van der Waals surface area contributed by atoms with E-state index in [-0.39, 0.29) is 66.1 Å². The van der Waals surface area contributed by atoms with E-state index in [2.05, 4.69) is 81.5 Å². The number of ether oxygens (including phenoxy) is 2. The maximum absolute atomic E-state index is 12.2. The zero-order chi connectivity index (χ0) is 48.8. The first kappa shape index (κ1) is 53.4. The van der Waals surface area contributed by atoms with Crippen molar-refractivity contribution in [2.45, 2.75) is 213 Å². The van der Waals surface area contributed by atoms with Crippen molar-refractivity contribution in [3.05, 3.63) is 29.3 Å². The van der Waals surface area contributed by atoms with Crippen molar-refractivity contribution in [2.24, 2.45) is 0 Å². The molecule has 2 amide bonds. The molecule has 0 aromatic carbocycles. The number of carbonyl (C=O) groups excluding carboxylic acids is 2. The van der Waals surface area contributed by atoms with Crippen LogP contribution in [0.5, 0.6) is 0 Å². The van der Waals surface area contributed by atoms with Gasteiger partial charge >= 0.3 is 33.5 Å². The normalized spacial score (nSPS) is 23.7. The molecule has 7 rings (SSSR count). The van der Waals surface area contributed by atoms with Crippen LogP contribution >= 0.6 is 15.9 Å². The maximum Gasteiger partial charge on any atom is 0.498 e. The average molecular weight is 975 g/mol. The number of amides is 2. The zero-order valence-electron chi connectivity index (χ0n) is 42.7. The molecule has 0 unspecified atom stereocenters. The van der Waals surface area contributed by atoms with Crippen LogP contribution in [0.1, 0.15) is 162 Å². The van der Waals surface area contributed by atoms with Crippen LogP contribution in [0.2, 0.25) is 6.22 Å². The quantitative estimate of drug-likeness (QED) is 0.264. The van der Waals surface area contributed by atoms with Crippen LogP contribution in [0.4, 0.5) is 9.59 Å². The molecule has 0 spiro atoms. The summed E-state index contributed by atoms with van der Waals surface area (Å²) in [6, 6.07) is 0.629. The molecule has 7 heterocycles. The van der Waals surface area contributed by atoms with E-state index in [1.165, 1.54) is 0 Å². The number of likely N-dealkylation sites (tertiary alicyclic amines) is 2. The zero-order valence-corrected chi connectivity index (χ0v) is 44.3. The Hall–Kier alpha value is -2.61. The fraction of sp³-hybridized carbons (Fsp3) is 0.822. The third-order valence-electron chi connectivity index (χ3n) is 13.7. The van der Waals surface area contributed by atoms with Gasteiger partial charge in [-0.3, -0.25) is 9.36 Å². The minimum atomic E-state index is -0.465. The van der Waals surface area contributed by atoms with Crippen molar-refractivity contribution in [3.63, 3.8) is 0 Å². The monoisotopic (exact) mass is 975 g/mol. The summed E-state index contributed by atoms with van der Waals surface area (Å²) in [7, 11) is -0.954. The Morgan fingerprint density at radius 2 is 0.908 bits per heavy atom. The van der Waals surface area contributed by atoms with Gasteiger partial charge < -0.3 is 47.2 Å². The highest BCUT2D eigenvalue weighted by Gasteiger charge is 2.57. The minimum Gasteiger partial charge on any atom is -0.444 e. The van der Waals surface area contributed by atoms with Gasteiger partial charge in [-0.1, -0.05) is 0 Å². The van der Waals surface area contributed by atoms with Crippen molar-refractivity contribution in [1.29, 1.82) is 0 Å². The van der Waals surface area contributed by atoms with Crippen molar-refractivity contribution in [3.8, 4) is 0 Å². The summed E-state index contributed by atoms with van der Waals surface area (Å²) in [5.74, 6) is 0. The molecule has 0 aliphatic carbocycles. The van der Waals surface area contributed by atoms with Gasteiger partial charge in [0.2, 0.25) is 0 Å². The van der Waals surface area contributed by atoms with Gasteiger partial charge in [-0.2, -0.15) is 10.2 Å². The van der Waals surface area contributed by atoms with Gasteiger partial charge in [0.15, 0.2) is 0 Å². The lowest BCUT2D eigenvalue weighted by molar-refractivity contribution is 0.00578. The molecule has 20 heteroatoms. The molecule has 5 aliphatic heterocycles. The molecule has 16 nitrogen and oxygen atoms in total. The predicted molar refractivity (Wildman–Crippen MR) is 257 cm³/mol. The second-order valence-corrected chi connectivity index (χ2v) is 23.9. The molecule has 364 valence electrons. The summed E-state index contributed by atoms with van der Waals surface area (Å²) in [6.07, 6.45) is 11.3. The number of piperidine rings is 2. The molecule has 65 heavy (non-hydrogen) atoms. The SMILES string of the molecule is CC(C)(C)OC(=O)N1CCC(n2cc(B3OC(C)(C)C(C)(C)O3)cn2)CC1.CC(C)(C)OC(=O)N1CCC(n2cc(Br)cn2)CC1.CC1(C)OB(CB2OC(C)(C)C(C)(C)O2)OC1(C)C. The number of hydrogen-bond acceptors (Lipinski definition) is 12. The molecule has 2 aromatic heterocycles. The number of carbonyl (C=O) groups is 2. The lowest BCUT2D eigenvalue weighted by atomic mass is 9.64. The molecule has 0 radical (unpaired) electrons. The Balaban J connectivity index is 0.000000188. The van der Waals surface area contributed by atoms with Crippen molar-refractivity contribution >= 4 is 54.9 Å². The fourth-order valence-corrected chi connectivity index (χ4v) is 8.03. The van der Waals surface area contributed by atoms with E-state index in [4.69, 9.17) is 37.4 Å². The summed E-state index contributed by atoms with van der Waals surface area (Å²) in [5, 5.41) is 8.84. The summed E-state index contributed by atoms with van der Waals surface area (Å²) in [5.41, 5.74) is -1.90. The number of rotatable bonds is 5. The molecule has 0 atom stereocenters. The van der Waals surface area contributed by atoms with Crippen LogP contribution in [-0.4, -0.2) is 134 Å². The smallest absolute Gasteiger partial charge is 0.444 e. The lowest BCUT2D eigenvalue weighted by Gasteiger charge is -2.33. The van der Waals surface area contributed by atoms with Crippen LogP contribution in [-0.2, 0) is 37.4 Å². The first-order valence-corrected chi connectivity index (χ1v) is 24.1. The number of nitrogens with zero attached hydrogens (tertiary/aromatic N) is 6. The lowest BCUT2D eigenvalue weighted by Crippen LogP contribution is -2.42. The fourth-order valence-electron chi connectivity index (χ4n) is 7.73. The number of hydrogen-bond donors (Lipinski definition) is 0. The van der Waals surface area contributed by atoms with Crippen molar-refractivity contribution < 1.29 is 47.0 Å². The molecular weight excluding hydrogens is 897 g/mol. The number of halogens is 1. The topological polar surface area (TPSA) is 150 Å². The summed E-state index contributed by atoms with van der Waals surface area (Å²) >= 11 is 3.40. The van der Waals surface area contributed by atoms with E-state index in [1.54, 1.807) is 16.0 Å². The Labute approximate surface area is 398 Å². The second-order valence-electron chi connectivity index (χ2n) is 23.0. The first-order chi connectivity index (χ1) is 29.6. The van der Waals surface area contributed by atoms with Gasteiger partial charge in [0, 0.05) is 56.5 Å². The Morgan fingerprint density at radius 3 is 1.23 bits per heavy atom. The van der Waals surface area contributed by atoms with Crippen LogP contribution in [0.3, 0.4) is 0 Å². The number of aromatic nitrogens is 4. The molecule has 0 bridgehead atoms. The Bertz CT molecular complexity index is 1850. The first-order valence-electron chi connectivity index (χ1n) is 23.4. The van der Waals surface area contributed by atoms with Crippen molar-refractivity contribution in [1.82, 2.24) is 29.4 Å². The third-order valence-corrected chi connectivity index (χ3v) is 14.1. The van der Waals surface area contributed by atoms with Crippen LogP contribution in [0.25, 0.3) is 0 Å². The second kappa shape index (κ2) is 19.4. The molecular formula is C45H78B3BrN6O10. The molecule has 5 fully saturated rings. The van der Waals surface area contributed by atoms with Gasteiger partial charge in [-0.25, -0.2) is 9.59 Å². The largest absolute Gasteiger partial charge is 0.498 e. The van der Waals surface area contributed by atoms with E-state index >= 15 is 0 Å². The molecule has 2 aromatic rings. The van der Waals surface area contributed by atoms with E-state index in [0.717, 1.165) is 48.7 Å². The summed E-state index contributed by atoms with van der Waals surface area (Å²) in [6.45, 7) is 38.7. The van der Waals surface area contributed by atoms with Crippen LogP contribution in [0.15, 0.2) is 29.3 Å². The van der Waals surface area contributed by atoms with Crippen LogP contribution in [0, 0.1) is 0 Å². The molecule has 5 saturated heterocycles. The highest BCUT2D eigenvalue weighted by molar-refractivity contribution is 9.10. The van der Waals surface area contributed by atoms with Gasteiger partial charge in [0.1, 0.15) is 11.2 Å². The van der Waals surface area contributed by atoms with Gasteiger partial charge in [-0.15, -0.1) is 0 Å². The molecule has 0 N–H and O–H groups in total. The standard InChI is InChI=1S/C19H32BN3O4.C13H26B2O4.C13H20BrN3O2/c1-17(2,3)25-16(24)22-10-8-15(9-11-22)23-13-14(12-21-23)20-26-18(4,5)19(6,7)27-20;1-10(2)11(3,4)17-14(16-10)9-15-18-12(5,6)13(7,8)19-15;1-13(2,3)19-12(18)16-6-4-11(5-7-16)17-9-10(14)8-15-17/h12-13,15H,8-11H2,1-7H3;9H2,1-8H3;8-9,11H,4-7H2,1-3H3. The van der Waals surface area contributed by atoms with Crippen LogP contribution < -0.4 is 5.46 Å². The van der Waals surface area contributed by atoms with E-state index in [1.807, 2.05) is 97.2 Å². The molecule has 5 aliphatic rings. The maximum atomic E-state index is 12.2. The minimum absolute atomic E-state index is 0.215. The van der Waals surface area contributed by atoms with E-state index in [9.17, 15) is 9.59 Å². The van der Waals surface area contributed by atoms with Gasteiger partial charge in [0.05, 0.1) is 56.4 Å². The van der Waals surface area contributed by atoms with Gasteiger partial charge in [0.25, 0.3) is 0 Å². The molecule has 0 saturated carbocycles. The highest BCUT2D eigenvalue weighted by Crippen LogP contribution is 2.42. The summed E-state index contributed by atoms with van der Waals surface area (Å²) in [4.78, 5) is 27.7. The van der Waals surface area contributed by atoms with Crippen molar-refractivity contribution in [2.75, 3.05) is 26.2 Å². The summed E-state index contributed by atoms with van der Waals surface area (Å²) < 4.78 is 51.9.